The zero-order valence-electron chi connectivity index (χ0n) is 15.3. The summed E-state index contributed by atoms with van der Waals surface area (Å²) in [6.07, 6.45) is 3.17. The zero-order chi connectivity index (χ0) is 18.4. The molecule has 2 atom stereocenters. The zero-order valence-corrected chi connectivity index (χ0v) is 15.3. The molecule has 2 aliphatic rings. The highest BCUT2D eigenvalue weighted by Crippen LogP contribution is 2.33. The number of piperazine rings is 1. The minimum atomic E-state index is -0.111. The highest BCUT2D eigenvalue weighted by Gasteiger charge is 2.47. The average Bonchev–Trinajstić information content (AvgIpc) is 3.40. The summed E-state index contributed by atoms with van der Waals surface area (Å²) in [5.74, 6) is 0.328. The van der Waals surface area contributed by atoms with Crippen LogP contribution >= 0.6 is 0 Å². The van der Waals surface area contributed by atoms with Crippen molar-refractivity contribution >= 4 is 11.8 Å². The molecule has 0 aromatic carbocycles. The Labute approximate surface area is 151 Å². The SMILES string of the molecule is CCc1ncoc1C(=O)N1C[C@@H]2C[C@H]1CN2C(=O)Cc1c(C)n[nH]c1C. The molecule has 0 saturated carbocycles. The van der Waals surface area contributed by atoms with E-state index in [-0.39, 0.29) is 23.9 Å². The summed E-state index contributed by atoms with van der Waals surface area (Å²) in [6.45, 7) is 6.93. The van der Waals surface area contributed by atoms with Gasteiger partial charge in [-0.15, -0.1) is 0 Å². The van der Waals surface area contributed by atoms with Gasteiger partial charge in [0, 0.05) is 24.3 Å². The van der Waals surface area contributed by atoms with Gasteiger partial charge in [-0.3, -0.25) is 14.7 Å². The first-order valence-electron chi connectivity index (χ1n) is 9.02. The van der Waals surface area contributed by atoms with Crippen molar-refractivity contribution in [3.05, 3.63) is 34.8 Å². The molecule has 0 spiro atoms. The van der Waals surface area contributed by atoms with Crippen molar-refractivity contribution in [2.24, 2.45) is 0 Å². The van der Waals surface area contributed by atoms with Gasteiger partial charge in [-0.05, 0) is 26.7 Å². The van der Waals surface area contributed by atoms with Crippen molar-refractivity contribution in [2.75, 3.05) is 13.1 Å². The lowest BCUT2D eigenvalue weighted by Crippen LogP contribution is -2.51. The van der Waals surface area contributed by atoms with Gasteiger partial charge < -0.3 is 14.2 Å². The molecule has 2 fully saturated rings. The van der Waals surface area contributed by atoms with Gasteiger partial charge in [0.05, 0.1) is 29.9 Å². The number of amides is 2. The van der Waals surface area contributed by atoms with E-state index in [2.05, 4.69) is 15.2 Å². The molecule has 0 aliphatic carbocycles. The number of hydrogen-bond acceptors (Lipinski definition) is 5. The Bertz CT molecular complexity index is 835. The summed E-state index contributed by atoms with van der Waals surface area (Å²) in [7, 11) is 0. The first kappa shape index (κ1) is 16.8. The van der Waals surface area contributed by atoms with E-state index in [4.69, 9.17) is 4.42 Å². The molecule has 2 aromatic rings. The number of hydrogen-bond donors (Lipinski definition) is 1. The average molecular weight is 357 g/mol. The molecule has 0 unspecified atom stereocenters. The summed E-state index contributed by atoms with van der Waals surface area (Å²) in [6, 6.07) is 0.134. The molecule has 138 valence electrons. The summed E-state index contributed by atoms with van der Waals surface area (Å²) in [5.41, 5.74) is 3.47. The molecular weight excluding hydrogens is 334 g/mol. The predicted molar refractivity (Wildman–Crippen MR) is 92.6 cm³/mol. The van der Waals surface area contributed by atoms with Crippen molar-refractivity contribution in [2.45, 2.75) is 52.1 Å². The van der Waals surface area contributed by atoms with E-state index in [1.54, 1.807) is 0 Å². The molecule has 4 rings (SSSR count). The lowest BCUT2D eigenvalue weighted by molar-refractivity contribution is -0.132. The third-order valence-electron chi connectivity index (χ3n) is 5.60. The number of fused-ring (bicyclic) bond motifs is 2. The van der Waals surface area contributed by atoms with Crippen molar-refractivity contribution in [3.63, 3.8) is 0 Å². The van der Waals surface area contributed by atoms with Gasteiger partial charge in [0.2, 0.25) is 11.7 Å². The minimum Gasteiger partial charge on any atom is -0.438 e. The van der Waals surface area contributed by atoms with E-state index in [1.165, 1.54) is 6.39 Å². The van der Waals surface area contributed by atoms with Crippen molar-refractivity contribution in [1.29, 1.82) is 0 Å². The number of rotatable bonds is 4. The van der Waals surface area contributed by atoms with Gasteiger partial charge >= 0.3 is 0 Å². The van der Waals surface area contributed by atoms with Gasteiger partial charge in [0.15, 0.2) is 6.39 Å². The van der Waals surface area contributed by atoms with Gasteiger partial charge in [-0.1, -0.05) is 6.92 Å². The van der Waals surface area contributed by atoms with Crippen LogP contribution in [0.3, 0.4) is 0 Å². The Morgan fingerprint density at radius 2 is 2.00 bits per heavy atom. The van der Waals surface area contributed by atoms with E-state index >= 15 is 0 Å². The molecule has 0 radical (unpaired) electrons. The molecule has 8 heteroatoms. The number of carbonyl (C=O) groups is 2. The van der Waals surface area contributed by atoms with E-state index in [0.717, 1.165) is 23.4 Å². The van der Waals surface area contributed by atoms with Crippen molar-refractivity contribution < 1.29 is 14.0 Å². The number of H-pyrrole nitrogens is 1. The number of carbonyl (C=O) groups excluding carboxylic acids is 2. The quantitative estimate of drug-likeness (QED) is 0.888. The molecule has 2 aliphatic heterocycles. The fourth-order valence-corrected chi connectivity index (χ4v) is 4.13. The van der Waals surface area contributed by atoms with Gasteiger partial charge in [0.1, 0.15) is 0 Å². The molecule has 8 nitrogen and oxygen atoms in total. The van der Waals surface area contributed by atoms with Crippen LogP contribution in [0.2, 0.25) is 0 Å². The van der Waals surface area contributed by atoms with Crippen LogP contribution in [-0.4, -0.2) is 62.0 Å². The van der Waals surface area contributed by atoms with Crippen LogP contribution in [0.1, 0.15) is 46.5 Å². The van der Waals surface area contributed by atoms with Gasteiger partial charge in [-0.25, -0.2) is 4.98 Å². The highest BCUT2D eigenvalue weighted by atomic mass is 16.3. The van der Waals surface area contributed by atoms with Crippen LogP contribution in [0.5, 0.6) is 0 Å². The molecule has 2 aromatic heterocycles. The molecule has 2 saturated heterocycles. The van der Waals surface area contributed by atoms with E-state index < -0.39 is 0 Å². The van der Waals surface area contributed by atoms with Crippen molar-refractivity contribution in [1.82, 2.24) is 25.0 Å². The van der Waals surface area contributed by atoms with Gasteiger partial charge in [-0.2, -0.15) is 5.10 Å². The lowest BCUT2D eigenvalue weighted by atomic mass is 10.1. The molecule has 26 heavy (non-hydrogen) atoms. The Morgan fingerprint density at radius 3 is 2.62 bits per heavy atom. The summed E-state index contributed by atoms with van der Waals surface area (Å²) in [4.78, 5) is 33.4. The Kier molecular flexibility index (Phi) is 4.05. The van der Waals surface area contributed by atoms with Crippen molar-refractivity contribution in [3.8, 4) is 0 Å². The Hall–Kier alpha value is -2.64. The topological polar surface area (TPSA) is 95.3 Å². The fraction of sp³-hybridized carbons (Fsp3) is 0.556. The van der Waals surface area contributed by atoms with Crippen LogP contribution in [0.4, 0.5) is 0 Å². The summed E-state index contributed by atoms with van der Waals surface area (Å²) < 4.78 is 5.31. The molecule has 4 heterocycles. The van der Waals surface area contributed by atoms with Gasteiger partial charge in [0.25, 0.3) is 5.91 Å². The van der Waals surface area contributed by atoms with E-state index in [1.807, 2.05) is 30.6 Å². The number of likely N-dealkylation sites (tertiary alicyclic amines) is 2. The number of aryl methyl sites for hydroxylation is 3. The molecule has 1 N–H and O–H groups in total. The lowest BCUT2D eigenvalue weighted by Gasteiger charge is -2.34. The second kappa shape index (κ2) is 6.26. The number of nitrogens with one attached hydrogen (secondary N) is 1. The second-order valence-corrected chi connectivity index (χ2v) is 7.12. The highest BCUT2D eigenvalue weighted by molar-refractivity contribution is 5.93. The van der Waals surface area contributed by atoms with Crippen LogP contribution in [0.15, 0.2) is 10.8 Å². The third-order valence-corrected chi connectivity index (χ3v) is 5.60. The van der Waals surface area contributed by atoms with Crippen LogP contribution in [0, 0.1) is 13.8 Å². The van der Waals surface area contributed by atoms with Crippen LogP contribution in [0.25, 0.3) is 0 Å². The van der Waals surface area contributed by atoms with E-state index in [9.17, 15) is 9.59 Å². The molecular formula is C18H23N5O3. The maximum atomic E-state index is 12.8. The summed E-state index contributed by atoms with van der Waals surface area (Å²) >= 11 is 0. The Balaban J connectivity index is 1.43. The maximum Gasteiger partial charge on any atom is 0.291 e. The Morgan fingerprint density at radius 1 is 1.27 bits per heavy atom. The number of aromatic nitrogens is 3. The van der Waals surface area contributed by atoms with E-state index in [0.29, 0.717) is 37.4 Å². The van der Waals surface area contributed by atoms with Crippen LogP contribution < -0.4 is 0 Å². The number of oxazole rings is 1. The second-order valence-electron chi connectivity index (χ2n) is 7.12. The third kappa shape index (κ3) is 2.60. The minimum absolute atomic E-state index is 0.0535. The predicted octanol–water partition coefficient (Wildman–Crippen LogP) is 1.24. The maximum absolute atomic E-state index is 12.8. The molecule has 2 bridgehead atoms. The fourth-order valence-electron chi connectivity index (χ4n) is 4.13. The number of aromatic amines is 1. The summed E-state index contributed by atoms with van der Waals surface area (Å²) in [5, 5.41) is 7.08. The standard InChI is InChI=1S/C18H23N5O3/c1-4-15-17(26-9-19-15)18(25)23-8-12-5-13(23)7-22(12)16(24)6-14-10(2)20-21-11(14)3/h9,12-13H,4-8H2,1-3H3,(H,20,21)/t12-,13-/m0/s1. The smallest absolute Gasteiger partial charge is 0.291 e. The normalized spacial score (nSPS) is 21.7. The first-order chi connectivity index (χ1) is 12.5. The first-order valence-corrected chi connectivity index (χ1v) is 9.02. The number of nitrogens with zero attached hydrogens (tertiary/aromatic N) is 4. The van der Waals surface area contributed by atoms with Crippen LogP contribution in [-0.2, 0) is 17.6 Å². The monoisotopic (exact) mass is 357 g/mol. The largest absolute Gasteiger partial charge is 0.438 e. The molecule has 2 amide bonds.